The van der Waals surface area contributed by atoms with Gasteiger partial charge in [-0.25, -0.2) is 4.39 Å². The Hall–Kier alpha value is -2.13. The van der Waals surface area contributed by atoms with Gasteiger partial charge in [0.25, 0.3) is 0 Å². The van der Waals surface area contributed by atoms with E-state index in [1.807, 2.05) is 23.1 Å². The molecule has 0 saturated carbocycles. The van der Waals surface area contributed by atoms with Gasteiger partial charge in [0.05, 0.1) is 0 Å². The van der Waals surface area contributed by atoms with E-state index < -0.39 is 5.82 Å². The number of carbonyl (C=O) groups excluding carboxylic acids is 1. The summed E-state index contributed by atoms with van der Waals surface area (Å²) in [5.74, 6) is -0.163. The van der Waals surface area contributed by atoms with E-state index in [1.54, 1.807) is 12.1 Å². The topological polar surface area (TPSA) is 20.3 Å². The summed E-state index contributed by atoms with van der Waals surface area (Å²) >= 11 is 5.74. The maximum atomic E-state index is 13.8. The van der Waals surface area contributed by atoms with Gasteiger partial charge in [0.1, 0.15) is 5.82 Å². The minimum Gasteiger partial charge on any atom is -0.336 e. The maximum Gasteiger partial charge on any atom is 0.246 e. The molecule has 2 atom stereocenters. The molecule has 2 nitrogen and oxygen atoms in total. The average Bonchev–Trinajstić information content (AvgIpc) is 2.96. The summed E-state index contributed by atoms with van der Waals surface area (Å²) in [7, 11) is 0. The van der Waals surface area contributed by atoms with Crippen molar-refractivity contribution in [3.05, 3.63) is 76.6 Å². The first-order valence-corrected chi connectivity index (χ1v) is 8.41. The number of halogens is 2. The predicted octanol–water partition coefficient (Wildman–Crippen LogP) is 4.90. The highest BCUT2D eigenvalue weighted by Gasteiger charge is 2.32. The predicted molar refractivity (Wildman–Crippen MR) is 95.4 cm³/mol. The number of hydrogen-bond donors (Lipinski definition) is 0. The summed E-state index contributed by atoms with van der Waals surface area (Å²) in [6.07, 6.45) is 3.89. The van der Waals surface area contributed by atoms with Crippen LogP contribution in [0.5, 0.6) is 0 Å². The zero-order chi connectivity index (χ0) is 17.1. The molecule has 1 heterocycles. The van der Waals surface area contributed by atoms with Crippen LogP contribution in [-0.2, 0) is 4.79 Å². The molecule has 1 amide bonds. The SMILES string of the molecule is CC1CC(c2ccccc2)CN1C(=O)/C=C/c1ccc(Cl)cc1F. The Labute approximate surface area is 146 Å². The van der Waals surface area contributed by atoms with Crippen molar-refractivity contribution in [2.75, 3.05) is 6.54 Å². The van der Waals surface area contributed by atoms with Crippen LogP contribution in [0, 0.1) is 5.82 Å². The van der Waals surface area contributed by atoms with E-state index >= 15 is 0 Å². The largest absolute Gasteiger partial charge is 0.336 e. The molecule has 1 saturated heterocycles. The lowest BCUT2D eigenvalue weighted by Gasteiger charge is -2.19. The van der Waals surface area contributed by atoms with Crippen LogP contribution in [0.4, 0.5) is 4.39 Å². The molecular weight excluding hydrogens is 325 g/mol. The van der Waals surface area contributed by atoms with Crippen LogP contribution in [0.15, 0.2) is 54.6 Å². The van der Waals surface area contributed by atoms with Crippen LogP contribution in [-0.4, -0.2) is 23.4 Å². The van der Waals surface area contributed by atoms with Gasteiger partial charge in [-0.1, -0.05) is 48.0 Å². The van der Waals surface area contributed by atoms with Crippen molar-refractivity contribution >= 4 is 23.6 Å². The average molecular weight is 344 g/mol. The molecule has 124 valence electrons. The lowest BCUT2D eigenvalue weighted by molar-refractivity contribution is -0.126. The Kier molecular flexibility index (Phi) is 5.00. The second-order valence-corrected chi connectivity index (χ2v) is 6.62. The van der Waals surface area contributed by atoms with Gasteiger partial charge in [0.15, 0.2) is 0 Å². The molecule has 24 heavy (non-hydrogen) atoms. The fourth-order valence-electron chi connectivity index (χ4n) is 3.20. The molecule has 0 radical (unpaired) electrons. The second-order valence-electron chi connectivity index (χ2n) is 6.18. The highest BCUT2D eigenvalue weighted by Crippen LogP contribution is 2.31. The smallest absolute Gasteiger partial charge is 0.246 e. The molecule has 3 rings (SSSR count). The Bertz CT molecular complexity index is 759. The van der Waals surface area contributed by atoms with Gasteiger partial charge in [-0.15, -0.1) is 0 Å². The molecule has 0 spiro atoms. The van der Waals surface area contributed by atoms with Gasteiger partial charge < -0.3 is 4.90 Å². The summed E-state index contributed by atoms with van der Waals surface area (Å²) in [6, 6.07) is 14.8. The number of likely N-dealkylation sites (tertiary alicyclic amines) is 1. The fourth-order valence-corrected chi connectivity index (χ4v) is 3.36. The molecule has 1 fully saturated rings. The first kappa shape index (κ1) is 16.7. The number of carbonyl (C=O) groups is 1. The van der Waals surface area contributed by atoms with E-state index in [4.69, 9.17) is 11.6 Å². The van der Waals surface area contributed by atoms with E-state index in [0.29, 0.717) is 23.0 Å². The quantitative estimate of drug-likeness (QED) is 0.726. The molecule has 2 aromatic rings. The normalized spacial score (nSPS) is 20.7. The number of nitrogens with zero attached hydrogens (tertiary/aromatic N) is 1. The van der Waals surface area contributed by atoms with Gasteiger partial charge in [-0.05, 0) is 37.1 Å². The summed E-state index contributed by atoms with van der Waals surface area (Å²) in [6.45, 7) is 2.75. The highest BCUT2D eigenvalue weighted by molar-refractivity contribution is 6.30. The van der Waals surface area contributed by atoms with Crippen molar-refractivity contribution in [3.63, 3.8) is 0 Å². The van der Waals surface area contributed by atoms with Gasteiger partial charge in [-0.3, -0.25) is 4.79 Å². The van der Waals surface area contributed by atoms with Crippen LogP contribution in [0.2, 0.25) is 5.02 Å². The van der Waals surface area contributed by atoms with Crippen molar-refractivity contribution < 1.29 is 9.18 Å². The third kappa shape index (κ3) is 3.68. The van der Waals surface area contributed by atoms with Gasteiger partial charge in [0.2, 0.25) is 5.91 Å². The Morgan fingerprint density at radius 1 is 1.25 bits per heavy atom. The lowest BCUT2D eigenvalue weighted by atomic mass is 9.97. The lowest BCUT2D eigenvalue weighted by Crippen LogP contribution is -2.32. The number of hydrogen-bond acceptors (Lipinski definition) is 1. The number of amides is 1. The van der Waals surface area contributed by atoms with Gasteiger partial charge in [-0.2, -0.15) is 0 Å². The van der Waals surface area contributed by atoms with Gasteiger partial charge in [0, 0.05) is 35.2 Å². The third-order valence-electron chi connectivity index (χ3n) is 4.50. The molecule has 0 aromatic heterocycles. The first-order valence-electron chi connectivity index (χ1n) is 8.03. The molecule has 1 aliphatic rings. The molecule has 4 heteroatoms. The van der Waals surface area contributed by atoms with Crippen molar-refractivity contribution in [1.82, 2.24) is 4.90 Å². The Morgan fingerprint density at radius 2 is 2.00 bits per heavy atom. The van der Waals surface area contributed by atoms with Crippen LogP contribution in [0.25, 0.3) is 6.08 Å². The summed E-state index contributed by atoms with van der Waals surface area (Å²) in [5.41, 5.74) is 1.62. The van der Waals surface area contributed by atoms with Crippen molar-refractivity contribution in [2.45, 2.75) is 25.3 Å². The van der Waals surface area contributed by atoms with Gasteiger partial charge >= 0.3 is 0 Å². The van der Waals surface area contributed by atoms with E-state index in [2.05, 4.69) is 19.1 Å². The van der Waals surface area contributed by atoms with E-state index in [9.17, 15) is 9.18 Å². The number of rotatable bonds is 3. The first-order chi connectivity index (χ1) is 11.5. The van der Waals surface area contributed by atoms with E-state index in [-0.39, 0.29) is 11.9 Å². The van der Waals surface area contributed by atoms with Crippen molar-refractivity contribution in [2.24, 2.45) is 0 Å². The van der Waals surface area contributed by atoms with Crippen LogP contribution >= 0.6 is 11.6 Å². The zero-order valence-corrected chi connectivity index (χ0v) is 14.2. The zero-order valence-electron chi connectivity index (χ0n) is 13.5. The summed E-state index contributed by atoms with van der Waals surface area (Å²) < 4.78 is 13.8. The molecule has 0 aliphatic carbocycles. The monoisotopic (exact) mass is 343 g/mol. The molecule has 1 aliphatic heterocycles. The molecular formula is C20H19ClFNO. The maximum absolute atomic E-state index is 13.8. The number of benzene rings is 2. The van der Waals surface area contributed by atoms with Crippen molar-refractivity contribution in [3.8, 4) is 0 Å². The molecule has 2 unspecified atom stereocenters. The van der Waals surface area contributed by atoms with Crippen LogP contribution in [0.1, 0.15) is 30.4 Å². The Morgan fingerprint density at radius 3 is 2.71 bits per heavy atom. The summed E-state index contributed by atoms with van der Waals surface area (Å²) in [4.78, 5) is 14.3. The highest BCUT2D eigenvalue weighted by atomic mass is 35.5. The standard InChI is InChI=1S/C20H19ClFNO/c1-14-11-17(15-5-3-2-4-6-15)13-23(14)20(24)10-8-16-7-9-18(21)12-19(16)22/h2-10,12,14,17H,11,13H2,1H3/b10-8+. The molecule has 2 aromatic carbocycles. The fraction of sp³-hybridized carbons (Fsp3) is 0.250. The van der Waals surface area contributed by atoms with Crippen LogP contribution < -0.4 is 0 Å². The van der Waals surface area contributed by atoms with E-state index in [0.717, 1.165) is 6.42 Å². The second kappa shape index (κ2) is 7.18. The minimum absolute atomic E-state index is 0.0877. The van der Waals surface area contributed by atoms with Crippen molar-refractivity contribution in [1.29, 1.82) is 0 Å². The Balaban J connectivity index is 1.70. The summed E-state index contributed by atoms with van der Waals surface area (Å²) in [5, 5.41) is 0.342. The van der Waals surface area contributed by atoms with Crippen LogP contribution in [0.3, 0.4) is 0 Å². The third-order valence-corrected chi connectivity index (χ3v) is 4.73. The van der Waals surface area contributed by atoms with E-state index in [1.165, 1.54) is 23.8 Å². The molecule has 0 N–H and O–H groups in total. The molecule has 0 bridgehead atoms. The minimum atomic E-state index is -0.428.